The van der Waals surface area contributed by atoms with Crippen molar-refractivity contribution in [2.75, 3.05) is 13.2 Å². The van der Waals surface area contributed by atoms with Gasteiger partial charge in [0.2, 0.25) is 11.8 Å². The second-order valence-electron chi connectivity index (χ2n) is 9.15. The summed E-state index contributed by atoms with van der Waals surface area (Å²) in [4.78, 5) is 28.1. The lowest BCUT2D eigenvalue weighted by Crippen LogP contribution is -2.49. The molecular formula is C27H34N2O4. The first-order chi connectivity index (χ1) is 16.0. The predicted octanol–water partition coefficient (Wildman–Crippen LogP) is 4.17. The van der Waals surface area contributed by atoms with Crippen molar-refractivity contribution in [3.63, 3.8) is 0 Å². The van der Waals surface area contributed by atoms with Crippen molar-refractivity contribution in [3.05, 3.63) is 59.2 Å². The Kier molecular flexibility index (Phi) is 7.53. The molecule has 1 aliphatic heterocycles. The first-order valence-electron chi connectivity index (χ1n) is 12.0. The van der Waals surface area contributed by atoms with E-state index in [-0.39, 0.29) is 17.9 Å². The van der Waals surface area contributed by atoms with Gasteiger partial charge in [-0.3, -0.25) is 9.59 Å². The molecule has 0 radical (unpaired) electrons. The van der Waals surface area contributed by atoms with Crippen molar-refractivity contribution in [1.29, 1.82) is 0 Å². The van der Waals surface area contributed by atoms with Crippen LogP contribution in [0.1, 0.15) is 55.7 Å². The Labute approximate surface area is 196 Å². The van der Waals surface area contributed by atoms with Gasteiger partial charge in [0.1, 0.15) is 19.3 Å². The highest BCUT2D eigenvalue weighted by molar-refractivity contribution is 5.87. The summed E-state index contributed by atoms with van der Waals surface area (Å²) in [5.74, 6) is 1.38. The van der Waals surface area contributed by atoms with Crippen LogP contribution >= 0.6 is 0 Å². The largest absolute Gasteiger partial charge is 0.486 e. The van der Waals surface area contributed by atoms with Gasteiger partial charge in [0.25, 0.3) is 0 Å². The van der Waals surface area contributed by atoms with Crippen LogP contribution in [0.3, 0.4) is 0 Å². The number of nitrogens with zero attached hydrogens (tertiary/aromatic N) is 1. The van der Waals surface area contributed by atoms with E-state index in [4.69, 9.17) is 9.47 Å². The molecule has 2 aromatic carbocycles. The molecule has 33 heavy (non-hydrogen) atoms. The Balaban J connectivity index is 1.44. The van der Waals surface area contributed by atoms with E-state index >= 15 is 0 Å². The minimum atomic E-state index is -0.528. The lowest BCUT2D eigenvalue weighted by Gasteiger charge is -2.30. The van der Waals surface area contributed by atoms with Crippen LogP contribution in [0.5, 0.6) is 11.5 Å². The van der Waals surface area contributed by atoms with Crippen molar-refractivity contribution in [3.8, 4) is 11.5 Å². The maximum atomic E-state index is 13.3. The van der Waals surface area contributed by atoms with Crippen molar-refractivity contribution >= 4 is 11.8 Å². The minimum Gasteiger partial charge on any atom is -0.486 e. The number of hydrogen-bond donors (Lipinski definition) is 1. The van der Waals surface area contributed by atoms with Gasteiger partial charge in [-0.1, -0.05) is 48.7 Å². The van der Waals surface area contributed by atoms with E-state index in [0.29, 0.717) is 32.6 Å². The molecular weight excluding hydrogens is 416 g/mol. The molecule has 176 valence electrons. The van der Waals surface area contributed by atoms with E-state index in [9.17, 15) is 9.59 Å². The van der Waals surface area contributed by atoms with Gasteiger partial charge in [0.15, 0.2) is 11.5 Å². The van der Waals surface area contributed by atoms with E-state index in [2.05, 4.69) is 5.32 Å². The summed E-state index contributed by atoms with van der Waals surface area (Å²) in [6.07, 6.45) is 5.26. The molecule has 0 bridgehead atoms. The highest BCUT2D eigenvalue weighted by atomic mass is 16.6. The van der Waals surface area contributed by atoms with Gasteiger partial charge in [0, 0.05) is 19.0 Å². The van der Waals surface area contributed by atoms with Gasteiger partial charge in [-0.15, -0.1) is 0 Å². The normalized spacial score (nSPS) is 16.3. The summed E-state index contributed by atoms with van der Waals surface area (Å²) < 4.78 is 11.3. The number of fused-ring (bicyclic) bond motifs is 1. The first kappa shape index (κ1) is 23.1. The van der Waals surface area contributed by atoms with Crippen LogP contribution in [0.25, 0.3) is 0 Å². The zero-order valence-electron chi connectivity index (χ0n) is 19.6. The number of ether oxygens (including phenoxy) is 2. The van der Waals surface area contributed by atoms with Crippen molar-refractivity contribution in [2.24, 2.45) is 0 Å². The number of hydrogen-bond acceptors (Lipinski definition) is 4. The molecule has 0 aromatic heterocycles. The lowest BCUT2D eigenvalue weighted by atomic mass is 10.1. The summed E-state index contributed by atoms with van der Waals surface area (Å²) >= 11 is 0. The zero-order valence-corrected chi connectivity index (χ0v) is 19.6. The standard InChI is InChI=1S/C27H34N2O4/c1-19-7-9-22(10-8-19)18-29(20(2)27(31)28-23-5-3-4-6-23)26(30)14-12-21-11-13-24-25(17-21)33-16-15-32-24/h7-11,13,17,20,23H,3-6,12,14-16,18H2,1-2H3,(H,28,31). The third-order valence-electron chi connectivity index (χ3n) is 6.58. The highest BCUT2D eigenvalue weighted by Gasteiger charge is 2.28. The molecule has 1 unspecified atom stereocenters. The van der Waals surface area contributed by atoms with Crippen molar-refractivity contribution in [1.82, 2.24) is 10.2 Å². The van der Waals surface area contributed by atoms with E-state index < -0.39 is 6.04 Å². The Morgan fingerprint density at radius 3 is 2.39 bits per heavy atom. The number of carbonyl (C=O) groups excluding carboxylic acids is 2. The van der Waals surface area contributed by atoms with Gasteiger partial charge in [-0.25, -0.2) is 0 Å². The highest BCUT2D eigenvalue weighted by Crippen LogP contribution is 2.31. The number of benzene rings is 2. The molecule has 0 spiro atoms. The molecule has 2 amide bonds. The molecule has 4 rings (SSSR count). The molecule has 1 atom stereocenters. The van der Waals surface area contributed by atoms with E-state index in [1.165, 1.54) is 5.56 Å². The smallest absolute Gasteiger partial charge is 0.242 e. The van der Waals surface area contributed by atoms with Gasteiger partial charge in [-0.2, -0.15) is 0 Å². The second-order valence-corrected chi connectivity index (χ2v) is 9.15. The van der Waals surface area contributed by atoms with Crippen molar-refractivity contribution in [2.45, 2.75) is 71.0 Å². The van der Waals surface area contributed by atoms with Crippen LogP contribution in [-0.2, 0) is 22.6 Å². The van der Waals surface area contributed by atoms with Crippen LogP contribution < -0.4 is 14.8 Å². The van der Waals surface area contributed by atoms with Crippen LogP contribution in [0, 0.1) is 6.92 Å². The van der Waals surface area contributed by atoms with Gasteiger partial charge in [-0.05, 0) is 56.4 Å². The molecule has 1 heterocycles. The molecule has 0 saturated heterocycles. The number of rotatable bonds is 8. The van der Waals surface area contributed by atoms with Crippen LogP contribution in [-0.4, -0.2) is 42.0 Å². The maximum Gasteiger partial charge on any atom is 0.242 e. The van der Waals surface area contributed by atoms with Crippen molar-refractivity contribution < 1.29 is 19.1 Å². The summed E-state index contributed by atoms with van der Waals surface area (Å²) in [6, 6.07) is 13.6. The first-order valence-corrected chi connectivity index (χ1v) is 12.0. The zero-order chi connectivity index (χ0) is 23.2. The Bertz CT molecular complexity index is 967. The number of nitrogens with one attached hydrogen (secondary N) is 1. The SMILES string of the molecule is Cc1ccc(CN(C(=O)CCc2ccc3c(c2)OCCO3)C(C)C(=O)NC2CCCC2)cc1. The number of aryl methyl sites for hydroxylation is 2. The van der Waals surface area contributed by atoms with Crippen LogP contribution in [0.15, 0.2) is 42.5 Å². The van der Waals surface area contributed by atoms with E-state index in [1.54, 1.807) is 4.90 Å². The minimum absolute atomic E-state index is 0.0282. The molecule has 6 nitrogen and oxygen atoms in total. The van der Waals surface area contributed by atoms with E-state index in [1.807, 2.05) is 56.3 Å². The fourth-order valence-corrected chi connectivity index (χ4v) is 4.50. The lowest BCUT2D eigenvalue weighted by molar-refractivity contribution is -0.140. The summed E-state index contributed by atoms with van der Waals surface area (Å²) in [7, 11) is 0. The maximum absolute atomic E-state index is 13.3. The van der Waals surface area contributed by atoms with E-state index in [0.717, 1.165) is 48.3 Å². The molecule has 1 N–H and O–H groups in total. The third kappa shape index (κ3) is 6.06. The molecule has 2 aliphatic rings. The molecule has 1 fully saturated rings. The fraction of sp³-hybridized carbons (Fsp3) is 0.481. The summed E-state index contributed by atoms with van der Waals surface area (Å²) in [5, 5.41) is 3.15. The second kappa shape index (κ2) is 10.7. The number of amides is 2. The average molecular weight is 451 g/mol. The Hall–Kier alpha value is -3.02. The topological polar surface area (TPSA) is 67.9 Å². The monoisotopic (exact) mass is 450 g/mol. The fourth-order valence-electron chi connectivity index (χ4n) is 4.50. The molecule has 1 aliphatic carbocycles. The quantitative estimate of drug-likeness (QED) is 0.655. The average Bonchev–Trinajstić information content (AvgIpc) is 3.34. The number of carbonyl (C=O) groups is 2. The summed E-state index contributed by atoms with van der Waals surface area (Å²) in [6.45, 7) is 5.38. The molecule has 2 aromatic rings. The molecule has 6 heteroatoms. The Morgan fingerprint density at radius 1 is 1.00 bits per heavy atom. The van der Waals surface area contributed by atoms with Gasteiger partial charge >= 0.3 is 0 Å². The predicted molar refractivity (Wildman–Crippen MR) is 127 cm³/mol. The Morgan fingerprint density at radius 2 is 1.67 bits per heavy atom. The van der Waals surface area contributed by atoms with Gasteiger partial charge < -0.3 is 19.7 Å². The summed E-state index contributed by atoms with van der Waals surface area (Å²) in [5.41, 5.74) is 3.21. The molecule has 1 saturated carbocycles. The third-order valence-corrected chi connectivity index (χ3v) is 6.58. The van der Waals surface area contributed by atoms with Crippen LogP contribution in [0.4, 0.5) is 0 Å². The van der Waals surface area contributed by atoms with Crippen LogP contribution in [0.2, 0.25) is 0 Å². The van der Waals surface area contributed by atoms with Gasteiger partial charge in [0.05, 0.1) is 0 Å².